The molecule has 10 heteroatoms. The molecule has 1 amide bonds. The molecule has 0 heterocycles. The zero-order valence-electron chi connectivity index (χ0n) is 27.7. The Morgan fingerprint density at radius 3 is 2.00 bits per heavy atom. The van der Waals surface area contributed by atoms with Gasteiger partial charge in [0.2, 0.25) is 0 Å². The van der Waals surface area contributed by atoms with Crippen LogP contribution in [-0.4, -0.2) is 75.2 Å². The number of benzene rings is 1. The highest BCUT2D eigenvalue weighted by Gasteiger charge is 2.30. The van der Waals surface area contributed by atoms with Crippen molar-refractivity contribution < 1.29 is 32.7 Å². The molecule has 0 aliphatic rings. The highest BCUT2D eigenvalue weighted by atomic mass is 32.2. The van der Waals surface area contributed by atoms with Crippen molar-refractivity contribution in [1.82, 2.24) is 5.32 Å². The second kappa shape index (κ2) is 15.7. The van der Waals surface area contributed by atoms with Crippen molar-refractivity contribution in [2.75, 3.05) is 31.3 Å². The van der Waals surface area contributed by atoms with Crippen molar-refractivity contribution in [2.45, 2.75) is 117 Å². The van der Waals surface area contributed by atoms with Crippen molar-refractivity contribution in [1.29, 1.82) is 0 Å². The fourth-order valence-electron chi connectivity index (χ4n) is 3.45. The Morgan fingerprint density at radius 2 is 1.48 bits per heavy atom. The lowest BCUT2D eigenvalue weighted by atomic mass is 9.98. The van der Waals surface area contributed by atoms with Gasteiger partial charge in [0.1, 0.15) is 11.4 Å². The van der Waals surface area contributed by atoms with Gasteiger partial charge in [-0.15, -0.1) is 0 Å². The highest BCUT2D eigenvalue weighted by molar-refractivity contribution is 8.00. The number of hydrogen-bond donors (Lipinski definition) is 2. The number of hydrogen-bond acceptors (Lipinski definition) is 8. The lowest BCUT2D eigenvalue weighted by Crippen LogP contribution is -2.48. The molecule has 1 atom stereocenters. The number of halogens is 1. The largest absolute Gasteiger partial charge is 0.396 e. The predicted octanol–water partition coefficient (Wildman–Crippen LogP) is 7.10. The highest BCUT2D eigenvalue weighted by Crippen LogP contribution is 2.33. The minimum Gasteiger partial charge on any atom is -0.396 e. The Kier molecular flexibility index (Phi) is 14.5. The van der Waals surface area contributed by atoms with E-state index in [1.165, 1.54) is 24.2 Å². The van der Waals surface area contributed by atoms with Gasteiger partial charge >= 0.3 is 0 Å². The maximum absolute atomic E-state index is 15.2. The second-order valence-electron chi connectivity index (χ2n) is 14.6. The average Bonchev–Trinajstić information content (AvgIpc) is 2.82. The Bertz CT molecular complexity index is 1030. The average molecular weight is 632 g/mol. The van der Waals surface area contributed by atoms with Gasteiger partial charge in [-0.1, -0.05) is 19.9 Å². The van der Waals surface area contributed by atoms with Crippen LogP contribution in [0.25, 0.3) is 0 Å². The van der Waals surface area contributed by atoms with E-state index in [1.807, 2.05) is 83.1 Å². The molecule has 2 N–H and O–H groups in total. The zero-order chi connectivity index (χ0) is 32.6. The Balaban J connectivity index is 3.05. The number of aliphatic hydroxyl groups is 1. The van der Waals surface area contributed by atoms with E-state index in [9.17, 15) is 14.7 Å². The molecule has 1 rings (SSSR count). The molecule has 0 aliphatic carbocycles. The summed E-state index contributed by atoms with van der Waals surface area (Å²) in [6, 6.07) is 4.00. The molecule has 0 saturated heterocycles. The second-order valence-corrected chi connectivity index (χ2v) is 17.0. The van der Waals surface area contributed by atoms with E-state index in [-0.39, 0.29) is 46.1 Å². The van der Waals surface area contributed by atoms with Crippen LogP contribution in [-0.2, 0) is 13.7 Å². The molecule has 0 saturated carbocycles. The molecule has 0 aromatic heterocycles. The van der Waals surface area contributed by atoms with Gasteiger partial charge < -0.3 is 24.1 Å². The van der Waals surface area contributed by atoms with Crippen LogP contribution in [0.5, 0.6) is 0 Å². The molecule has 0 bridgehead atoms. The predicted molar refractivity (Wildman–Crippen MR) is 173 cm³/mol. The summed E-state index contributed by atoms with van der Waals surface area (Å²) in [5, 5.41) is 12.3. The van der Waals surface area contributed by atoms with E-state index in [1.54, 1.807) is 11.8 Å². The SMILES string of the molecule is CC(C)(COC(C)(C)C)NC(=O)c1ccc(C(=O)C(CSOC(C)(C)COC(C)(C)C)CSC(C)(C)CCO)cc1F. The summed E-state index contributed by atoms with van der Waals surface area (Å²) in [4.78, 5) is 26.5. The third kappa shape index (κ3) is 15.5. The number of rotatable bonds is 17. The molecule has 0 aliphatic heterocycles. The number of thioether (sulfide) groups is 1. The van der Waals surface area contributed by atoms with E-state index in [2.05, 4.69) is 5.32 Å². The van der Waals surface area contributed by atoms with E-state index in [4.69, 9.17) is 13.7 Å². The number of ketones is 1. The van der Waals surface area contributed by atoms with Crippen LogP contribution in [0.3, 0.4) is 0 Å². The van der Waals surface area contributed by atoms with Crippen LogP contribution < -0.4 is 5.32 Å². The number of carbonyl (C=O) groups excluding carboxylic acids is 2. The fourth-order valence-corrected chi connectivity index (χ4v) is 5.63. The third-order valence-electron chi connectivity index (χ3n) is 5.98. The maximum Gasteiger partial charge on any atom is 0.254 e. The van der Waals surface area contributed by atoms with Crippen LogP contribution in [0, 0.1) is 11.7 Å². The van der Waals surface area contributed by atoms with E-state index in [0.717, 1.165) is 6.07 Å². The number of amides is 1. The number of carbonyl (C=O) groups is 2. The van der Waals surface area contributed by atoms with E-state index in [0.29, 0.717) is 24.5 Å². The van der Waals surface area contributed by atoms with Crippen molar-refractivity contribution in [3.05, 3.63) is 35.1 Å². The monoisotopic (exact) mass is 631 g/mol. The summed E-state index contributed by atoms with van der Waals surface area (Å²) in [5.74, 6) is -1.23. The van der Waals surface area contributed by atoms with Gasteiger partial charge in [-0.05, 0) is 99.8 Å². The van der Waals surface area contributed by atoms with Gasteiger partial charge in [0.25, 0.3) is 5.91 Å². The molecule has 0 radical (unpaired) electrons. The standard InChI is InChI=1S/C32H54FNO6S2/c1-28(2,3)38-20-30(7,8)34-27(37)24-14-13-22(17-25(24)33)26(36)23(18-41-32(11,12)15-16-35)19-42-40-31(9,10)21-39-29(4,5)6/h13-14,17,23,35H,15-16,18-21H2,1-12H3,(H,34,37). The smallest absolute Gasteiger partial charge is 0.254 e. The molecule has 0 fully saturated rings. The first-order valence-electron chi connectivity index (χ1n) is 14.5. The van der Waals surface area contributed by atoms with Crippen LogP contribution in [0.4, 0.5) is 4.39 Å². The Hall–Kier alpha value is -1.17. The first-order chi connectivity index (χ1) is 19.0. The molecule has 242 valence electrons. The number of Topliss-reactive ketones (excluding diaryl/α,β-unsaturated/α-hetero) is 1. The summed E-state index contributed by atoms with van der Waals surface area (Å²) in [7, 11) is 0. The summed E-state index contributed by atoms with van der Waals surface area (Å²) in [5.41, 5.74) is -1.93. The molecular formula is C32H54FNO6S2. The Morgan fingerprint density at radius 1 is 0.905 bits per heavy atom. The van der Waals surface area contributed by atoms with Gasteiger partial charge in [0, 0.05) is 34.3 Å². The molecule has 7 nitrogen and oxygen atoms in total. The summed E-state index contributed by atoms with van der Waals surface area (Å²) >= 11 is 2.78. The molecular weight excluding hydrogens is 577 g/mol. The lowest BCUT2D eigenvalue weighted by molar-refractivity contribution is -0.0665. The first kappa shape index (κ1) is 38.9. The minimum absolute atomic E-state index is 0.0479. The van der Waals surface area contributed by atoms with Crippen LogP contribution in [0.1, 0.15) is 110 Å². The van der Waals surface area contributed by atoms with Crippen molar-refractivity contribution in [3.8, 4) is 0 Å². The van der Waals surface area contributed by atoms with Crippen LogP contribution >= 0.6 is 23.8 Å². The third-order valence-corrected chi connectivity index (χ3v) is 8.64. The summed E-state index contributed by atoms with van der Waals surface area (Å²) < 4.78 is 32.7. The molecule has 0 spiro atoms. The normalized spacial score (nSPS) is 14.1. The van der Waals surface area contributed by atoms with Gasteiger partial charge in [0.05, 0.1) is 35.5 Å². The summed E-state index contributed by atoms with van der Waals surface area (Å²) in [6.45, 7) is 23.9. The van der Waals surface area contributed by atoms with Crippen LogP contribution in [0.15, 0.2) is 18.2 Å². The zero-order valence-corrected chi connectivity index (χ0v) is 29.4. The number of ether oxygens (including phenoxy) is 2. The molecule has 42 heavy (non-hydrogen) atoms. The van der Waals surface area contributed by atoms with Gasteiger partial charge in [-0.2, -0.15) is 11.8 Å². The van der Waals surface area contributed by atoms with Crippen LogP contribution in [0.2, 0.25) is 0 Å². The van der Waals surface area contributed by atoms with Crippen molar-refractivity contribution in [2.24, 2.45) is 5.92 Å². The number of nitrogens with one attached hydrogen (secondary N) is 1. The van der Waals surface area contributed by atoms with E-state index < -0.39 is 28.8 Å². The van der Waals surface area contributed by atoms with Gasteiger partial charge in [-0.3, -0.25) is 9.59 Å². The van der Waals surface area contributed by atoms with Crippen molar-refractivity contribution in [3.63, 3.8) is 0 Å². The summed E-state index contributed by atoms with van der Waals surface area (Å²) in [6.07, 6.45) is 0.578. The Labute approximate surface area is 262 Å². The van der Waals surface area contributed by atoms with Gasteiger partial charge in [0.15, 0.2) is 5.78 Å². The van der Waals surface area contributed by atoms with Gasteiger partial charge in [-0.25, -0.2) is 4.39 Å². The minimum atomic E-state index is -0.762. The lowest BCUT2D eigenvalue weighted by Gasteiger charge is -2.30. The molecule has 1 unspecified atom stereocenters. The quantitative estimate of drug-likeness (QED) is 0.139. The molecule has 1 aromatic carbocycles. The maximum atomic E-state index is 15.2. The first-order valence-corrected chi connectivity index (χ1v) is 16.4. The molecule has 1 aromatic rings. The number of aliphatic hydroxyl groups excluding tert-OH is 1. The van der Waals surface area contributed by atoms with Crippen molar-refractivity contribution >= 4 is 35.5 Å². The topological polar surface area (TPSA) is 94.1 Å². The fraction of sp³-hybridized carbons (Fsp3) is 0.750. The van der Waals surface area contributed by atoms with E-state index >= 15 is 4.39 Å².